The largest absolute Gasteiger partial charge is 0.342 e. The van der Waals surface area contributed by atoms with Gasteiger partial charge in [-0.3, -0.25) is 19.2 Å². The smallest absolute Gasteiger partial charge is 0.245 e. The Balaban J connectivity index is 1.23. The van der Waals surface area contributed by atoms with Gasteiger partial charge in [0.05, 0.1) is 21.9 Å². The van der Waals surface area contributed by atoms with E-state index in [-0.39, 0.29) is 59.6 Å². The van der Waals surface area contributed by atoms with E-state index in [0.29, 0.717) is 62.7 Å². The predicted molar refractivity (Wildman–Crippen MR) is 299 cm³/mol. The SMILES string of the molecule is CN[C@@H](C)C(=O)N[C@H](C(=O)N1CCC[C@H]1CN(CCc1ccccc1)S(=O)(=O)c1ccc(-c2ccc(S(=O)(=O)N(CCc3ccccc3)C[C@@H]3CCCN3C(=O)[C@@H](NC(=O)[C@H](C)NC)C(C)(C)C)cc2)cc1)C(C)(C)C. The Kier molecular flexibility index (Phi) is 20.3. The van der Waals surface area contributed by atoms with Crippen LogP contribution in [0.2, 0.25) is 0 Å². The number of sulfonamides is 2. The fraction of sp³-hybridized carbons (Fsp3) is 0.517. The second-order valence-corrected chi connectivity index (χ2v) is 26.4. The first kappa shape index (κ1) is 59.7. The molecule has 2 aliphatic heterocycles. The van der Waals surface area contributed by atoms with Gasteiger partial charge < -0.3 is 31.1 Å². The molecule has 2 saturated heterocycles. The van der Waals surface area contributed by atoms with Crippen LogP contribution in [0.15, 0.2) is 119 Å². The number of benzene rings is 4. The highest BCUT2D eigenvalue weighted by molar-refractivity contribution is 7.89. The van der Waals surface area contributed by atoms with Crippen molar-refractivity contribution < 1.29 is 36.0 Å². The zero-order valence-corrected chi connectivity index (χ0v) is 47.8. The Morgan fingerprint density at radius 3 is 1.17 bits per heavy atom. The summed E-state index contributed by atoms with van der Waals surface area (Å²) in [6.45, 7) is 16.2. The molecule has 2 aliphatic rings. The number of hydrogen-bond donors (Lipinski definition) is 4. The zero-order valence-electron chi connectivity index (χ0n) is 46.2. The number of hydrogen-bond acceptors (Lipinski definition) is 10. The van der Waals surface area contributed by atoms with Crippen molar-refractivity contribution in [2.75, 3.05) is 53.4 Å². The molecular weight excluding hydrogens is 1000 g/mol. The van der Waals surface area contributed by atoms with Crippen LogP contribution < -0.4 is 21.3 Å². The number of likely N-dealkylation sites (N-methyl/N-ethyl adjacent to an activating group) is 2. The van der Waals surface area contributed by atoms with Crippen LogP contribution in [-0.4, -0.2) is 148 Å². The second kappa shape index (κ2) is 25.8. The molecule has 2 fully saturated rings. The molecule has 414 valence electrons. The third-order valence-corrected chi connectivity index (χ3v) is 18.7. The van der Waals surface area contributed by atoms with Crippen LogP contribution in [0.1, 0.15) is 92.2 Å². The van der Waals surface area contributed by atoms with Crippen LogP contribution in [0.25, 0.3) is 11.1 Å². The van der Waals surface area contributed by atoms with Crippen molar-refractivity contribution in [3.63, 3.8) is 0 Å². The van der Waals surface area contributed by atoms with Gasteiger partial charge in [-0.25, -0.2) is 16.8 Å². The van der Waals surface area contributed by atoms with Crippen LogP contribution in [-0.2, 0) is 52.1 Å². The van der Waals surface area contributed by atoms with E-state index in [1.54, 1.807) is 86.3 Å². The lowest BCUT2D eigenvalue weighted by atomic mass is 9.85. The third-order valence-electron chi connectivity index (χ3n) is 14.9. The molecule has 6 atom stereocenters. The van der Waals surface area contributed by atoms with Crippen molar-refractivity contribution in [2.45, 2.75) is 140 Å². The fourth-order valence-electron chi connectivity index (χ4n) is 9.88. The molecule has 0 aliphatic carbocycles. The molecule has 2 heterocycles. The minimum Gasteiger partial charge on any atom is -0.342 e. The Morgan fingerprint density at radius 2 is 0.868 bits per heavy atom. The summed E-state index contributed by atoms with van der Waals surface area (Å²) in [5, 5.41) is 11.8. The van der Waals surface area contributed by atoms with Crippen LogP contribution >= 0.6 is 0 Å². The van der Waals surface area contributed by atoms with Crippen molar-refractivity contribution in [3.8, 4) is 11.1 Å². The summed E-state index contributed by atoms with van der Waals surface area (Å²) in [5.74, 6) is -1.07. The number of nitrogens with zero attached hydrogens (tertiary/aromatic N) is 4. The van der Waals surface area contributed by atoms with Gasteiger partial charge in [0.1, 0.15) is 12.1 Å². The van der Waals surface area contributed by atoms with E-state index in [1.165, 1.54) is 8.61 Å². The van der Waals surface area contributed by atoms with Gasteiger partial charge in [-0.2, -0.15) is 8.61 Å². The maximum atomic E-state index is 14.8. The van der Waals surface area contributed by atoms with E-state index in [9.17, 15) is 36.0 Å². The van der Waals surface area contributed by atoms with Gasteiger partial charge in [-0.05, 0) is 124 Å². The normalized spacial score (nSPS) is 18.1. The fourth-order valence-corrected chi connectivity index (χ4v) is 12.8. The van der Waals surface area contributed by atoms with E-state index < -0.39 is 67.1 Å². The Morgan fingerprint density at radius 1 is 0.539 bits per heavy atom. The van der Waals surface area contributed by atoms with Gasteiger partial charge in [0.2, 0.25) is 43.7 Å². The standard InChI is InChI=1S/C58H82N8O8S2/c1-41(59-9)53(67)61-51(57(3,4)5)55(69)65-35-17-23-47(65)39-63(37-33-43-19-13-11-14-20-43)75(71,72)49-29-25-45(26-30-49)46-27-31-50(32-28-46)76(73,74)64(38-34-44-21-15-12-16-22-44)40-48-24-18-36-66(48)56(70)52(58(6,7)8)62-54(68)42(2)60-10/h11-16,19-22,25-32,41-42,47-48,51-52,59-60H,17-18,23-24,33-40H2,1-10H3,(H,61,67)(H,62,68)/t41-,42-,47-,48-,51+,52+/m0/s1. The summed E-state index contributed by atoms with van der Waals surface area (Å²) in [6, 6.07) is 28.9. The Labute approximate surface area is 452 Å². The zero-order chi connectivity index (χ0) is 55.6. The highest BCUT2D eigenvalue weighted by Gasteiger charge is 2.43. The average Bonchev–Trinajstić information content (AvgIpc) is 4.08. The number of nitrogens with one attached hydrogen (secondary N) is 4. The number of carbonyl (C=O) groups is 4. The number of amides is 4. The van der Waals surface area contributed by atoms with Crippen LogP contribution in [0, 0.1) is 10.8 Å². The first-order valence-corrected chi connectivity index (χ1v) is 29.6. The molecule has 4 aromatic rings. The summed E-state index contributed by atoms with van der Waals surface area (Å²) in [5.41, 5.74) is 2.07. The molecule has 6 rings (SSSR count). The summed E-state index contributed by atoms with van der Waals surface area (Å²) in [4.78, 5) is 58.5. The van der Waals surface area contributed by atoms with Crippen LogP contribution in [0.5, 0.6) is 0 Å². The average molecular weight is 1080 g/mol. The molecule has 76 heavy (non-hydrogen) atoms. The van der Waals surface area contributed by atoms with Crippen molar-refractivity contribution in [1.29, 1.82) is 0 Å². The predicted octanol–water partition coefficient (Wildman–Crippen LogP) is 6.08. The minimum absolute atomic E-state index is 0.0692. The van der Waals surface area contributed by atoms with E-state index >= 15 is 0 Å². The molecule has 4 amide bonds. The lowest BCUT2D eigenvalue weighted by molar-refractivity contribution is -0.140. The van der Waals surface area contributed by atoms with Gasteiger partial charge in [0.15, 0.2) is 0 Å². The molecule has 16 nitrogen and oxygen atoms in total. The molecule has 0 aromatic heterocycles. The first-order chi connectivity index (χ1) is 35.9. The summed E-state index contributed by atoms with van der Waals surface area (Å²) in [7, 11) is -4.85. The monoisotopic (exact) mass is 1080 g/mol. The molecule has 0 saturated carbocycles. The number of carbonyl (C=O) groups excluding carboxylic acids is 4. The number of rotatable bonds is 23. The van der Waals surface area contributed by atoms with Gasteiger partial charge in [0.25, 0.3) is 0 Å². The van der Waals surface area contributed by atoms with Gasteiger partial charge >= 0.3 is 0 Å². The van der Waals surface area contributed by atoms with E-state index in [0.717, 1.165) is 11.1 Å². The topological polar surface area (TPSA) is 198 Å². The van der Waals surface area contributed by atoms with Gasteiger partial charge in [-0.1, -0.05) is 126 Å². The van der Waals surface area contributed by atoms with Crippen molar-refractivity contribution >= 4 is 43.7 Å². The molecule has 4 aromatic carbocycles. The Hall–Kier alpha value is -5.50. The van der Waals surface area contributed by atoms with Crippen molar-refractivity contribution in [2.24, 2.45) is 10.8 Å². The lowest BCUT2D eigenvalue weighted by Gasteiger charge is -2.37. The third kappa shape index (κ3) is 14.9. The summed E-state index contributed by atoms with van der Waals surface area (Å²) in [6.07, 6.45) is 3.49. The Bertz CT molecular complexity index is 2610. The molecule has 0 unspecified atom stereocenters. The minimum atomic E-state index is -4.11. The highest BCUT2D eigenvalue weighted by atomic mass is 32.2. The highest BCUT2D eigenvalue weighted by Crippen LogP contribution is 2.32. The quantitative estimate of drug-likeness (QED) is 0.0676. The van der Waals surface area contributed by atoms with E-state index in [2.05, 4.69) is 21.3 Å². The van der Waals surface area contributed by atoms with Crippen LogP contribution in [0.4, 0.5) is 0 Å². The van der Waals surface area contributed by atoms with Gasteiger partial charge in [0, 0.05) is 51.4 Å². The maximum absolute atomic E-state index is 14.8. The number of likely N-dealkylation sites (tertiary alicyclic amines) is 2. The maximum Gasteiger partial charge on any atom is 0.245 e. The van der Waals surface area contributed by atoms with E-state index in [4.69, 9.17) is 0 Å². The molecule has 0 spiro atoms. The van der Waals surface area contributed by atoms with E-state index in [1.807, 2.05) is 102 Å². The molecule has 4 N–H and O–H groups in total. The van der Waals surface area contributed by atoms with Gasteiger partial charge in [-0.15, -0.1) is 0 Å². The first-order valence-electron chi connectivity index (χ1n) is 26.7. The second-order valence-electron chi connectivity index (χ2n) is 22.5. The summed E-state index contributed by atoms with van der Waals surface area (Å²) >= 11 is 0. The molecule has 18 heteroatoms. The summed E-state index contributed by atoms with van der Waals surface area (Å²) < 4.78 is 62.0. The lowest BCUT2D eigenvalue weighted by Crippen LogP contribution is -2.59. The van der Waals surface area contributed by atoms with Crippen molar-refractivity contribution in [3.05, 3.63) is 120 Å². The molecular formula is C58H82N8O8S2. The van der Waals surface area contributed by atoms with Crippen LogP contribution in [0.3, 0.4) is 0 Å². The molecule has 0 radical (unpaired) electrons. The van der Waals surface area contributed by atoms with Crippen molar-refractivity contribution in [1.82, 2.24) is 39.7 Å². The molecule has 0 bridgehead atoms.